The zero-order valence-corrected chi connectivity index (χ0v) is 20.4. The second-order valence-electron chi connectivity index (χ2n) is 9.03. The van der Waals surface area contributed by atoms with Crippen LogP contribution in [0.25, 0.3) is 5.76 Å². The fourth-order valence-electron chi connectivity index (χ4n) is 4.13. The Morgan fingerprint density at radius 3 is 2.33 bits per heavy atom. The molecule has 1 heterocycles. The van der Waals surface area contributed by atoms with Crippen LogP contribution in [0.5, 0.6) is 5.75 Å². The van der Waals surface area contributed by atoms with Gasteiger partial charge in [-0.3, -0.25) is 9.59 Å². The van der Waals surface area contributed by atoms with Crippen LogP contribution < -0.4 is 4.74 Å². The van der Waals surface area contributed by atoms with Crippen molar-refractivity contribution in [2.24, 2.45) is 0 Å². The Kier molecular flexibility index (Phi) is 7.59. The first-order valence-corrected chi connectivity index (χ1v) is 11.4. The van der Waals surface area contributed by atoms with Gasteiger partial charge in [0.25, 0.3) is 11.7 Å². The molecule has 6 heteroatoms. The van der Waals surface area contributed by atoms with Gasteiger partial charge in [0, 0.05) is 18.7 Å². The molecule has 6 nitrogen and oxygen atoms in total. The summed E-state index contributed by atoms with van der Waals surface area (Å²) < 4.78 is 5.55. The average molecular weight is 451 g/mol. The number of Topliss-reactive ketones (excluding diaryl/α,β-unsaturated/α-hetero) is 1. The van der Waals surface area contributed by atoms with E-state index in [1.165, 1.54) is 5.56 Å². The van der Waals surface area contributed by atoms with Gasteiger partial charge in [0.05, 0.1) is 18.2 Å². The summed E-state index contributed by atoms with van der Waals surface area (Å²) in [4.78, 5) is 29.7. The molecule has 2 aromatic rings. The number of hydrogen-bond donors (Lipinski definition) is 1. The number of aryl methyl sites for hydroxylation is 1. The van der Waals surface area contributed by atoms with E-state index in [4.69, 9.17) is 4.74 Å². The van der Waals surface area contributed by atoms with E-state index < -0.39 is 17.7 Å². The molecular formula is C27H34N2O4. The third kappa shape index (κ3) is 5.11. The molecule has 1 unspecified atom stereocenters. The molecule has 0 radical (unpaired) electrons. The third-order valence-corrected chi connectivity index (χ3v) is 6.01. The van der Waals surface area contributed by atoms with Crippen LogP contribution in [0.1, 0.15) is 55.0 Å². The van der Waals surface area contributed by atoms with E-state index in [9.17, 15) is 14.7 Å². The molecule has 0 saturated carbocycles. The minimum atomic E-state index is -0.655. The van der Waals surface area contributed by atoms with Crippen molar-refractivity contribution in [3.8, 4) is 5.75 Å². The second kappa shape index (κ2) is 10.2. The molecular weight excluding hydrogens is 416 g/mol. The molecule has 0 aromatic heterocycles. The van der Waals surface area contributed by atoms with Crippen LogP contribution in [0.4, 0.5) is 0 Å². The fraction of sp³-hybridized carbons (Fsp3) is 0.407. The van der Waals surface area contributed by atoms with Crippen molar-refractivity contribution in [2.75, 3.05) is 33.8 Å². The van der Waals surface area contributed by atoms with Gasteiger partial charge in [-0.15, -0.1) is 0 Å². The van der Waals surface area contributed by atoms with E-state index in [1.807, 2.05) is 63.2 Å². The smallest absolute Gasteiger partial charge is 0.295 e. The highest BCUT2D eigenvalue weighted by molar-refractivity contribution is 6.46. The maximum absolute atomic E-state index is 13.2. The highest BCUT2D eigenvalue weighted by Crippen LogP contribution is 2.40. The number of nitrogens with zero attached hydrogens (tertiary/aromatic N) is 2. The van der Waals surface area contributed by atoms with Crippen LogP contribution in [-0.4, -0.2) is 60.4 Å². The lowest BCUT2D eigenvalue weighted by molar-refractivity contribution is -0.140. The summed E-state index contributed by atoms with van der Waals surface area (Å²) in [5.74, 6) is -0.332. The molecule has 1 saturated heterocycles. The van der Waals surface area contributed by atoms with Gasteiger partial charge in [-0.1, -0.05) is 38.1 Å². The molecule has 0 bridgehead atoms. The first-order chi connectivity index (χ1) is 15.6. The zero-order chi connectivity index (χ0) is 24.3. The molecule has 3 rings (SSSR count). The van der Waals surface area contributed by atoms with Crippen LogP contribution in [0, 0.1) is 6.92 Å². The van der Waals surface area contributed by atoms with Crippen LogP contribution in [-0.2, 0) is 9.59 Å². The Bertz CT molecular complexity index is 1050. The van der Waals surface area contributed by atoms with Crippen LogP contribution in [0.3, 0.4) is 0 Å². The Morgan fingerprint density at radius 1 is 1.12 bits per heavy atom. The van der Waals surface area contributed by atoms with Crippen molar-refractivity contribution in [3.05, 3.63) is 70.3 Å². The van der Waals surface area contributed by atoms with E-state index in [0.717, 1.165) is 11.1 Å². The van der Waals surface area contributed by atoms with Crippen LogP contribution in [0.2, 0.25) is 0 Å². The van der Waals surface area contributed by atoms with E-state index in [0.29, 0.717) is 36.9 Å². The lowest BCUT2D eigenvalue weighted by Crippen LogP contribution is -2.35. The number of aliphatic hydroxyl groups is 1. The average Bonchev–Trinajstić information content (AvgIpc) is 3.02. The normalized spacial score (nSPS) is 17.9. The maximum Gasteiger partial charge on any atom is 0.295 e. The molecule has 33 heavy (non-hydrogen) atoms. The molecule has 2 aromatic carbocycles. The van der Waals surface area contributed by atoms with E-state index in [-0.39, 0.29) is 11.3 Å². The molecule has 1 aliphatic heterocycles. The predicted octanol–water partition coefficient (Wildman–Crippen LogP) is 4.50. The Labute approximate surface area is 196 Å². The standard InChI is InChI=1S/C27H34N2O4/c1-7-33-21-12-13-22(18(4)16-21)25(30)23-24(20-10-8-19(9-11-20)17(2)3)29(15-14-28(5)6)27(32)26(23)31/h8-13,16-17,24,30H,7,14-15H2,1-6H3. The number of likely N-dealkylation sites (N-methyl/N-ethyl adjacent to an activating group) is 1. The summed E-state index contributed by atoms with van der Waals surface area (Å²) in [6.45, 7) is 9.52. The molecule has 0 aliphatic carbocycles. The molecule has 176 valence electrons. The fourth-order valence-corrected chi connectivity index (χ4v) is 4.13. The molecule has 1 aliphatic rings. The number of ether oxygens (including phenoxy) is 1. The SMILES string of the molecule is CCOc1ccc(C(O)=C2C(=O)C(=O)N(CCN(C)C)C2c2ccc(C(C)C)cc2)c(C)c1. The first-order valence-electron chi connectivity index (χ1n) is 11.4. The predicted molar refractivity (Wildman–Crippen MR) is 130 cm³/mol. The highest BCUT2D eigenvalue weighted by Gasteiger charge is 2.46. The number of likely N-dealkylation sites (tertiary alicyclic amines) is 1. The summed E-state index contributed by atoms with van der Waals surface area (Å²) in [5.41, 5.74) is 3.40. The first kappa shape index (κ1) is 24.5. The largest absolute Gasteiger partial charge is 0.507 e. The monoisotopic (exact) mass is 450 g/mol. The number of carbonyl (C=O) groups excluding carboxylic acids is 2. The Morgan fingerprint density at radius 2 is 1.79 bits per heavy atom. The number of amides is 1. The van der Waals surface area contributed by atoms with Gasteiger partial charge in [0.2, 0.25) is 0 Å². The summed E-state index contributed by atoms with van der Waals surface area (Å²) in [6.07, 6.45) is 0. The number of benzene rings is 2. The maximum atomic E-state index is 13.2. The van der Waals surface area contributed by atoms with Gasteiger partial charge < -0.3 is 19.6 Å². The number of ketones is 1. The zero-order valence-electron chi connectivity index (χ0n) is 20.4. The second-order valence-corrected chi connectivity index (χ2v) is 9.03. The minimum Gasteiger partial charge on any atom is -0.507 e. The van der Waals surface area contributed by atoms with Crippen LogP contribution >= 0.6 is 0 Å². The van der Waals surface area contributed by atoms with Gasteiger partial charge in [-0.25, -0.2) is 0 Å². The highest BCUT2D eigenvalue weighted by atomic mass is 16.5. The Balaban J connectivity index is 2.13. The third-order valence-electron chi connectivity index (χ3n) is 6.01. The lowest BCUT2D eigenvalue weighted by atomic mass is 9.92. The summed E-state index contributed by atoms with van der Waals surface area (Å²) in [5, 5.41) is 11.3. The molecule has 1 atom stereocenters. The van der Waals surface area contributed by atoms with Crippen molar-refractivity contribution in [1.82, 2.24) is 9.80 Å². The summed E-state index contributed by atoms with van der Waals surface area (Å²) in [6, 6.07) is 12.6. The Hall–Kier alpha value is -3.12. The number of hydrogen-bond acceptors (Lipinski definition) is 5. The van der Waals surface area contributed by atoms with Gasteiger partial charge in [0.1, 0.15) is 11.5 Å². The molecule has 1 fully saturated rings. The minimum absolute atomic E-state index is 0.128. The molecule has 1 N–H and O–H groups in total. The number of rotatable bonds is 8. The van der Waals surface area contributed by atoms with Gasteiger partial charge in [-0.2, -0.15) is 0 Å². The van der Waals surface area contributed by atoms with Gasteiger partial charge >= 0.3 is 0 Å². The van der Waals surface area contributed by atoms with Gasteiger partial charge in [-0.05, 0) is 68.8 Å². The number of carbonyl (C=O) groups is 2. The van der Waals surface area contributed by atoms with E-state index in [2.05, 4.69) is 13.8 Å². The topological polar surface area (TPSA) is 70.1 Å². The van der Waals surface area contributed by atoms with E-state index >= 15 is 0 Å². The summed E-state index contributed by atoms with van der Waals surface area (Å²) >= 11 is 0. The number of aliphatic hydroxyl groups excluding tert-OH is 1. The van der Waals surface area contributed by atoms with Crippen molar-refractivity contribution < 1.29 is 19.4 Å². The molecule has 1 amide bonds. The van der Waals surface area contributed by atoms with Crippen LogP contribution in [0.15, 0.2) is 48.0 Å². The van der Waals surface area contributed by atoms with Crippen molar-refractivity contribution >= 4 is 17.4 Å². The van der Waals surface area contributed by atoms with Crippen molar-refractivity contribution in [1.29, 1.82) is 0 Å². The van der Waals surface area contributed by atoms with E-state index in [1.54, 1.807) is 17.0 Å². The quantitative estimate of drug-likeness (QED) is 0.364. The summed E-state index contributed by atoms with van der Waals surface area (Å²) in [7, 11) is 3.85. The van der Waals surface area contributed by atoms with Crippen molar-refractivity contribution in [3.63, 3.8) is 0 Å². The molecule has 0 spiro atoms. The lowest BCUT2D eigenvalue weighted by Gasteiger charge is -2.27. The van der Waals surface area contributed by atoms with Gasteiger partial charge in [0.15, 0.2) is 0 Å². The van der Waals surface area contributed by atoms with Crippen molar-refractivity contribution in [2.45, 2.75) is 39.7 Å².